The van der Waals surface area contributed by atoms with Gasteiger partial charge in [-0.25, -0.2) is 0 Å². The number of nitrogens with two attached hydrogens (primary N) is 1. The number of nitrogens with zero attached hydrogens (tertiary/aromatic N) is 2. The maximum atomic E-state index is 5.85. The van der Waals surface area contributed by atoms with E-state index in [-0.39, 0.29) is 6.04 Å². The minimum atomic E-state index is 0.0496. The number of rotatable bonds is 4. The van der Waals surface area contributed by atoms with Gasteiger partial charge in [0.2, 0.25) is 0 Å². The van der Waals surface area contributed by atoms with E-state index in [9.17, 15) is 0 Å². The number of hydrogen-bond acceptors (Lipinski definition) is 3. The van der Waals surface area contributed by atoms with Gasteiger partial charge in [0.05, 0.1) is 5.69 Å². The summed E-state index contributed by atoms with van der Waals surface area (Å²) in [6, 6.07) is 8.04. The van der Waals surface area contributed by atoms with Crippen LogP contribution in [0.2, 0.25) is 0 Å². The Balaban J connectivity index is 2.05. The molecule has 96 valence electrons. The fourth-order valence-electron chi connectivity index (χ4n) is 1.81. The Morgan fingerprint density at radius 1 is 1.39 bits per heavy atom. The molecule has 0 aliphatic rings. The van der Waals surface area contributed by atoms with Crippen LogP contribution < -0.4 is 10.5 Å². The molecule has 4 nitrogen and oxygen atoms in total. The van der Waals surface area contributed by atoms with Crippen molar-refractivity contribution in [2.75, 3.05) is 0 Å². The van der Waals surface area contributed by atoms with Crippen LogP contribution in [0, 0.1) is 6.92 Å². The molecule has 1 atom stereocenters. The first-order chi connectivity index (χ1) is 8.56. The second-order valence-corrected chi connectivity index (χ2v) is 4.58. The highest BCUT2D eigenvalue weighted by Gasteiger charge is 2.05. The molecule has 4 heteroatoms. The van der Waals surface area contributed by atoms with Gasteiger partial charge in [-0.05, 0) is 37.1 Å². The monoisotopic (exact) mass is 245 g/mol. The Bertz CT molecular complexity index is 532. The van der Waals surface area contributed by atoms with Crippen molar-refractivity contribution in [1.29, 1.82) is 0 Å². The fraction of sp³-hybridized carbons (Fsp3) is 0.357. The van der Waals surface area contributed by atoms with Gasteiger partial charge in [0, 0.05) is 19.3 Å². The maximum absolute atomic E-state index is 5.85. The topological polar surface area (TPSA) is 53.1 Å². The summed E-state index contributed by atoms with van der Waals surface area (Å²) >= 11 is 0. The summed E-state index contributed by atoms with van der Waals surface area (Å²) in [5, 5.41) is 4.27. The van der Waals surface area contributed by atoms with Crippen molar-refractivity contribution in [1.82, 2.24) is 9.78 Å². The van der Waals surface area contributed by atoms with E-state index in [1.807, 2.05) is 45.3 Å². The molecule has 0 fully saturated rings. The Hall–Kier alpha value is -1.81. The number of aromatic nitrogens is 2. The van der Waals surface area contributed by atoms with E-state index in [1.165, 1.54) is 0 Å². The summed E-state index contributed by atoms with van der Waals surface area (Å²) in [5.41, 5.74) is 8.99. The van der Waals surface area contributed by atoms with Crippen molar-refractivity contribution in [3.8, 4) is 5.75 Å². The number of hydrogen-bond donors (Lipinski definition) is 1. The number of ether oxygens (including phenoxy) is 1. The third kappa shape index (κ3) is 2.90. The lowest BCUT2D eigenvalue weighted by molar-refractivity contribution is 0.298. The standard InChI is InChI=1S/C14H19N3O/c1-10-8-12(11(2)15)4-5-14(10)18-9-13-6-7-17(3)16-13/h4-8,11H,9,15H2,1-3H3/t11-/m1/s1. The first-order valence-electron chi connectivity index (χ1n) is 6.03. The molecule has 1 aromatic heterocycles. The second-order valence-electron chi connectivity index (χ2n) is 4.58. The lowest BCUT2D eigenvalue weighted by atomic mass is 10.1. The van der Waals surface area contributed by atoms with Gasteiger partial charge in [-0.2, -0.15) is 5.10 Å². The van der Waals surface area contributed by atoms with Gasteiger partial charge in [-0.3, -0.25) is 4.68 Å². The van der Waals surface area contributed by atoms with Gasteiger partial charge in [0.25, 0.3) is 0 Å². The molecule has 0 aliphatic carbocycles. The van der Waals surface area contributed by atoms with Crippen LogP contribution in [-0.4, -0.2) is 9.78 Å². The zero-order valence-corrected chi connectivity index (χ0v) is 11.1. The molecule has 2 N–H and O–H groups in total. The zero-order chi connectivity index (χ0) is 13.1. The Labute approximate surface area is 107 Å². The van der Waals surface area contributed by atoms with E-state index in [2.05, 4.69) is 11.2 Å². The van der Waals surface area contributed by atoms with E-state index in [0.717, 1.165) is 22.6 Å². The van der Waals surface area contributed by atoms with Crippen LogP contribution in [0.15, 0.2) is 30.5 Å². The SMILES string of the molecule is Cc1cc([C@@H](C)N)ccc1OCc1ccn(C)n1. The van der Waals surface area contributed by atoms with E-state index >= 15 is 0 Å². The Morgan fingerprint density at radius 2 is 2.17 bits per heavy atom. The summed E-state index contributed by atoms with van der Waals surface area (Å²) in [4.78, 5) is 0. The smallest absolute Gasteiger partial charge is 0.132 e. The number of aryl methyl sites for hydroxylation is 2. The molecular weight excluding hydrogens is 226 g/mol. The lowest BCUT2D eigenvalue weighted by Crippen LogP contribution is -2.05. The lowest BCUT2D eigenvalue weighted by Gasteiger charge is -2.11. The molecule has 1 heterocycles. The average Bonchev–Trinajstić information content (AvgIpc) is 2.73. The second kappa shape index (κ2) is 5.23. The normalized spacial score (nSPS) is 12.4. The van der Waals surface area contributed by atoms with Gasteiger partial charge in [-0.1, -0.05) is 12.1 Å². The molecule has 0 bridgehead atoms. The van der Waals surface area contributed by atoms with Crippen molar-refractivity contribution < 1.29 is 4.74 Å². The van der Waals surface area contributed by atoms with Crippen LogP contribution in [0.3, 0.4) is 0 Å². The molecule has 2 aromatic rings. The van der Waals surface area contributed by atoms with Gasteiger partial charge in [-0.15, -0.1) is 0 Å². The molecule has 0 unspecified atom stereocenters. The maximum Gasteiger partial charge on any atom is 0.132 e. The summed E-state index contributed by atoms with van der Waals surface area (Å²) in [6.07, 6.45) is 1.91. The highest BCUT2D eigenvalue weighted by Crippen LogP contribution is 2.22. The first kappa shape index (κ1) is 12.6. The molecule has 0 radical (unpaired) electrons. The quantitative estimate of drug-likeness (QED) is 0.899. The summed E-state index contributed by atoms with van der Waals surface area (Å²) in [5.74, 6) is 0.880. The molecular formula is C14H19N3O. The van der Waals surface area contributed by atoms with Crippen LogP contribution in [-0.2, 0) is 13.7 Å². The average molecular weight is 245 g/mol. The van der Waals surface area contributed by atoms with Crippen LogP contribution >= 0.6 is 0 Å². The molecule has 0 amide bonds. The molecule has 0 saturated carbocycles. The molecule has 0 aliphatic heterocycles. The molecule has 0 spiro atoms. The van der Waals surface area contributed by atoms with E-state index in [0.29, 0.717) is 6.61 Å². The van der Waals surface area contributed by atoms with Crippen LogP contribution in [0.5, 0.6) is 5.75 Å². The number of benzene rings is 1. The van der Waals surface area contributed by atoms with Crippen LogP contribution in [0.4, 0.5) is 0 Å². The van der Waals surface area contributed by atoms with Crippen LogP contribution in [0.1, 0.15) is 29.8 Å². The summed E-state index contributed by atoms with van der Waals surface area (Å²) in [6.45, 7) is 4.49. The minimum absolute atomic E-state index is 0.0496. The highest BCUT2D eigenvalue weighted by molar-refractivity contribution is 5.37. The van der Waals surface area contributed by atoms with Gasteiger partial charge < -0.3 is 10.5 Å². The minimum Gasteiger partial charge on any atom is -0.487 e. The van der Waals surface area contributed by atoms with Gasteiger partial charge >= 0.3 is 0 Å². The van der Waals surface area contributed by atoms with Crippen molar-refractivity contribution in [2.24, 2.45) is 12.8 Å². The predicted octanol–water partition coefficient (Wildman–Crippen LogP) is 2.33. The van der Waals surface area contributed by atoms with Crippen molar-refractivity contribution in [3.05, 3.63) is 47.3 Å². The zero-order valence-electron chi connectivity index (χ0n) is 11.1. The predicted molar refractivity (Wildman–Crippen MR) is 71.3 cm³/mol. The van der Waals surface area contributed by atoms with E-state index < -0.39 is 0 Å². The van der Waals surface area contributed by atoms with Gasteiger partial charge in [0.15, 0.2) is 0 Å². The fourth-order valence-corrected chi connectivity index (χ4v) is 1.81. The third-order valence-corrected chi connectivity index (χ3v) is 2.87. The molecule has 18 heavy (non-hydrogen) atoms. The molecule has 0 saturated heterocycles. The Kier molecular flexibility index (Phi) is 3.67. The Morgan fingerprint density at radius 3 is 2.72 bits per heavy atom. The van der Waals surface area contributed by atoms with E-state index in [4.69, 9.17) is 10.5 Å². The summed E-state index contributed by atoms with van der Waals surface area (Å²) < 4.78 is 7.52. The molecule has 1 aromatic carbocycles. The van der Waals surface area contributed by atoms with Crippen molar-refractivity contribution >= 4 is 0 Å². The largest absolute Gasteiger partial charge is 0.487 e. The van der Waals surface area contributed by atoms with Gasteiger partial charge in [0.1, 0.15) is 12.4 Å². The summed E-state index contributed by atoms with van der Waals surface area (Å²) in [7, 11) is 1.90. The molecule has 2 rings (SSSR count). The third-order valence-electron chi connectivity index (χ3n) is 2.87. The van der Waals surface area contributed by atoms with Crippen molar-refractivity contribution in [3.63, 3.8) is 0 Å². The van der Waals surface area contributed by atoms with E-state index in [1.54, 1.807) is 4.68 Å². The van der Waals surface area contributed by atoms with Crippen LogP contribution in [0.25, 0.3) is 0 Å². The highest BCUT2D eigenvalue weighted by atomic mass is 16.5. The first-order valence-corrected chi connectivity index (χ1v) is 6.03. The van der Waals surface area contributed by atoms with Crippen molar-refractivity contribution in [2.45, 2.75) is 26.5 Å².